The van der Waals surface area contributed by atoms with Gasteiger partial charge in [-0.1, -0.05) is 145 Å². The van der Waals surface area contributed by atoms with Gasteiger partial charge in [0.1, 0.15) is 11.2 Å². The van der Waals surface area contributed by atoms with Crippen molar-refractivity contribution in [2.45, 2.75) is 15.2 Å². The zero-order chi connectivity index (χ0) is 39.1. The van der Waals surface area contributed by atoms with Crippen LogP contribution in [-0.2, 0) is 9.98 Å². The van der Waals surface area contributed by atoms with E-state index in [0.717, 1.165) is 98.0 Å². The molecule has 2 unspecified atom stereocenters. The van der Waals surface area contributed by atoms with Crippen molar-refractivity contribution in [3.63, 3.8) is 0 Å². The van der Waals surface area contributed by atoms with Crippen LogP contribution in [0.25, 0.3) is 55.6 Å². The van der Waals surface area contributed by atoms with Gasteiger partial charge in [0.25, 0.3) is 0 Å². The Morgan fingerprint density at radius 3 is 1.97 bits per heavy atom. The standard InChI is InChI=1S/C53H33N2O2PS/c56-58(38-15-5-2-6-16-38)49-21-11-8-18-41(49)53(44-32-40-39-17-7-10-20-47(39)57-48(40)33-50(44)58)42-19-9-12-22-51(42)59-52-31-36(23-24-43(52)53)46-30-37(34-13-3-1-4-14-34)29-45(55-46)35-25-27-54-28-26-35/h1-33H. The highest BCUT2D eigenvalue weighted by atomic mass is 32.2. The second-order valence-corrected chi connectivity index (χ2v) is 19.0. The third-order valence-electron chi connectivity index (χ3n) is 12.1. The lowest BCUT2D eigenvalue weighted by Crippen LogP contribution is -2.48. The third kappa shape index (κ3) is 5.02. The summed E-state index contributed by atoms with van der Waals surface area (Å²) >= 11 is 1.79. The quantitative estimate of drug-likeness (QED) is 0.166. The lowest BCUT2D eigenvalue weighted by atomic mass is 9.64. The smallest absolute Gasteiger partial charge is 0.171 e. The summed E-state index contributed by atoms with van der Waals surface area (Å²) in [5.41, 5.74) is 11.2. The van der Waals surface area contributed by atoms with Crippen molar-refractivity contribution < 1.29 is 8.98 Å². The minimum atomic E-state index is -3.42. The molecule has 2 aliphatic rings. The predicted octanol–water partition coefficient (Wildman–Crippen LogP) is 12.2. The molecule has 0 radical (unpaired) electrons. The monoisotopic (exact) mass is 792 g/mol. The Morgan fingerprint density at radius 2 is 1.14 bits per heavy atom. The number of nitrogens with zero attached hydrogens (tertiary/aromatic N) is 2. The first-order valence-corrected chi connectivity index (χ1v) is 22.3. The van der Waals surface area contributed by atoms with Gasteiger partial charge in [0.15, 0.2) is 7.14 Å². The van der Waals surface area contributed by atoms with Crippen LogP contribution in [0.2, 0.25) is 0 Å². The molecule has 6 heteroatoms. The van der Waals surface area contributed by atoms with Crippen LogP contribution in [0.1, 0.15) is 22.3 Å². The van der Waals surface area contributed by atoms with Gasteiger partial charge in [0, 0.05) is 60.0 Å². The van der Waals surface area contributed by atoms with Gasteiger partial charge in [-0.15, -0.1) is 0 Å². The summed E-state index contributed by atoms with van der Waals surface area (Å²) in [7, 11) is -3.42. The Hall–Kier alpha value is -6.78. The van der Waals surface area contributed by atoms with E-state index in [1.54, 1.807) is 11.8 Å². The van der Waals surface area contributed by atoms with E-state index >= 15 is 4.57 Å². The first kappa shape index (κ1) is 34.3. The topological polar surface area (TPSA) is 56.0 Å². The molecule has 0 saturated heterocycles. The maximum Gasteiger partial charge on any atom is 0.171 e. The molecule has 0 N–H and O–H groups in total. The molecule has 2 aliphatic heterocycles. The van der Waals surface area contributed by atoms with Gasteiger partial charge in [0.2, 0.25) is 0 Å². The number of furan rings is 1. The molecule has 5 heterocycles. The molecular weight excluding hydrogens is 760 g/mol. The minimum absolute atomic E-state index is 0.735. The van der Waals surface area contributed by atoms with Crippen LogP contribution >= 0.6 is 18.9 Å². The summed E-state index contributed by atoms with van der Waals surface area (Å²) in [6, 6.07) is 65.5. The van der Waals surface area contributed by atoms with E-state index in [0.29, 0.717) is 0 Å². The van der Waals surface area contributed by atoms with E-state index in [1.807, 2.05) is 79.1 Å². The van der Waals surface area contributed by atoms with Gasteiger partial charge in [-0.3, -0.25) is 4.98 Å². The Labute approximate surface area is 345 Å². The summed E-state index contributed by atoms with van der Waals surface area (Å²) in [6.45, 7) is 0. The zero-order valence-electron chi connectivity index (χ0n) is 31.6. The fraction of sp³-hybridized carbons (Fsp3) is 0.0189. The molecule has 0 fully saturated rings. The molecule has 7 aromatic carbocycles. The Kier molecular flexibility index (Phi) is 7.62. The highest BCUT2D eigenvalue weighted by Crippen LogP contribution is 2.62. The molecule has 0 aliphatic carbocycles. The number of pyridine rings is 2. The number of rotatable bonds is 4. The molecule has 3 aromatic heterocycles. The molecule has 1 spiro atoms. The van der Waals surface area contributed by atoms with E-state index in [-0.39, 0.29) is 0 Å². The van der Waals surface area contributed by atoms with Gasteiger partial charge < -0.3 is 8.98 Å². The van der Waals surface area contributed by atoms with E-state index in [4.69, 9.17) is 9.40 Å². The van der Waals surface area contributed by atoms with Gasteiger partial charge in [-0.25, -0.2) is 4.98 Å². The maximum absolute atomic E-state index is 16.5. The van der Waals surface area contributed by atoms with E-state index in [9.17, 15) is 0 Å². The summed E-state index contributed by atoms with van der Waals surface area (Å²) in [4.78, 5) is 11.9. The highest BCUT2D eigenvalue weighted by Gasteiger charge is 2.54. The predicted molar refractivity (Wildman–Crippen MR) is 241 cm³/mol. The first-order chi connectivity index (χ1) is 29.1. The molecule has 0 amide bonds. The largest absolute Gasteiger partial charge is 0.456 e. The van der Waals surface area contributed by atoms with E-state index in [1.165, 1.54) is 5.56 Å². The first-order valence-electron chi connectivity index (χ1n) is 19.7. The third-order valence-corrected chi connectivity index (χ3v) is 16.4. The van der Waals surface area contributed by atoms with Gasteiger partial charge in [-0.2, -0.15) is 0 Å². The van der Waals surface area contributed by atoms with Crippen LogP contribution in [0.5, 0.6) is 0 Å². The molecular formula is C53H33N2O2PS. The summed E-state index contributed by atoms with van der Waals surface area (Å²) < 4.78 is 23.0. The molecule has 12 rings (SSSR count). The number of hydrogen-bond donors (Lipinski definition) is 0. The summed E-state index contributed by atoms with van der Waals surface area (Å²) in [5, 5.41) is 4.52. The molecule has 0 bridgehead atoms. The lowest BCUT2D eigenvalue weighted by molar-refractivity contribution is 0.589. The normalized spacial score (nSPS) is 17.6. The van der Waals surface area contributed by atoms with Crippen molar-refractivity contribution in [2.24, 2.45) is 0 Å². The average molecular weight is 793 g/mol. The zero-order valence-corrected chi connectivity index (χ0v) is 33.3. The Bertz CT molecular complexity index is 3290. The van der Waals surface area contributed by atoms with Crippen LogP contribution in [0, 0.1) is 0 Å². The van der Waals surface area contributed by atoms with E-state index in [2.05, 4.69) is 126 Å². The van der Waals surface area contributed by atoms with Gasteiger partial charge in [0.05, 0.1) is 16.8 Å². The number of hydrogen-bond acceptors (Lipinski definition) is 5. The molecule has 10 aromatic rings. The molecule has 59 heavy (non-hydrogen) atoms. The van der Waals surface area contributed by atoms with Crippen molar-refractivity contribution >= 4 is 56.8 Å². The molecule has 0 saturated carbocycles. The average Bonchev–Trinajstić information content (AvgIpc) is 3.68. The summed E-state index contributed by atoms with van der Waals surface area (Å²) in [5.74, 6) is 0. The molecule has 278 valence electrons. The molecule has 2 atom stereocenters. The SMILES string of the molecule is O=P1(c2ccccc2)c2ccccc2C2(c3ccccc3Sc3cc(-c4cc(-c5ccccc5)cc(-c5ccncc5)n4)ccc32)c2cc3c(cc21)oc1ccccc13. The fourth-order valence-corrected chi connectivity index (χ4v) is 13.9. The van der Waals surface area contributed by atoms with Crippen molar-refractivity contribution in [1.82, 2.24) is 9.97 Å². The highest BCUT2D eigenvalue weighted by molar-refractivity contribution is 7.99. The molecule has 4 nitrogen and oxygen atoms in total. The number of aromatic nitrogens is 2. The van der Waals surface area contributed by atoms with Crippen molar-refractivity contribution in [1.29, 1.82) is 0 Å². The number of para-hydroxylation sites is 1. The number of fused-ring (bicyclic) bond motifs is 11. The summed E-state index contributed by atoms with van der Waals surface area (Å²) in [6.07, 6.45) is 3.63. The lowest BCUT2D eigenvalue weighted by Gasteiger charge is -2.47. The minimum Gasteiger partial charge on any atom is -0.456 e. The van der Waals surface area contributed by atoms with Crippen LogP contribution in [0.4, 0.5) is 0 Å². The second-order valence-electron chi connectivity index (χ2n) is 15.2. The van der Waals surface area contributed by atoms with E-state index < -0.39 is 12.6 Å². The van der Waals surface area contributed by atoms with Crippen molar-refractivity contribution in [3.8, 4) is 33.6 Å². The fourth-order valence-electron chi connectivity index (χ4n) is 9.51. The Balaban J connectivity index is 1.17. The van der Waals surface area contributed by atoms with Crippen LogP contribution < -0.4 is 15.9 Å². The van der Waals surface area contributed by atoms with Crippen LogP contribution in [0.15, 0.2) is 215 Å². The van der Waals surface area contributed by atoms with Gasteiger partial charge >= 0.3 is 0 Å². The van der Waals surface area contributed by atoms with Crippen molar-refractivity contribution in [3.05, 3.63) is 223 Å². The van der Waals surface area contributed by atoms with Crippen LogP contribution in [0.3, 0.4) is 0 Å². The van der Waals surface area contributed by atoms with Crippen LogP contribution in [-0.4, -0.2) is 9.97 Å². The Morgan fingerprint density at radius 1 is 0.458 bits per heavy atom. The second kappa shape index (κ2) is 13.1. The van der Waals surface area contributed by atoms with Crippen molar-refractivity contribution in [2.75, 3.05) is 0 Å². The van der Waals surface area contributed by atoms with Gasteiger partial charge in [-0.05, 0) is 88.0 Å². The number of benzene rings is 7. The maximum atomic E-state index is 16.5.